The minimum atomic E-state index is -2.62. The molecule has 0 bridgehead atoms. The Labute approximate surface area is 188 Å². The van der Waals surface area contributed by atoms with Gasteiger partial charge in [-0.05, 0) is 44.5 Å². The molecule has 2 aliphatic rings. The van der Waals surface area contributed by atoms with E-state index in [9.17, 15) is 4.57 Å². The van der Waals surface area contributed by atoms with Crippen molar-refractivity contribution in [2.45, 2.75) is 11.8 Å². The summed E-state index contributed by atoms with van der Waals surface area (Å²) < 4.78 is 24.3. The van der Waals surface area contributed by atoms with E-state index < -0.39 is 8.25 Å². The van der Waals surface area contributed by atoms with Gasteiger partial charge >= 0.3 is 8.25 Å². The fourth-order valence-electron chi connectivity index (χ4n) is 5.22. The zero-order valence-corrected chi connectivity index (χ0v) is 18.5. The first-order chi connectivity index (χ1) is 15.8. The molecule has 2 aliphatic carbocycles. The summed E-state index contributed by atoms with van der Waals surface area (Å²) >= 11 is 0. The maximum absolute atomic E-state index is 12.7. The molecule has 0 atom stereocenters. The Morgan fingerprint density at radius 3 is 1.09 bits per heavy atom. The molecule has 0 saturated heterocycles. The molecule has 6 rings (SSSR count). The lowest BCUT2D eigenvalue weighted by Crippen LogP contribution is -2.06. The van der Waals surface area contributed by atoms with E-state index in [0.29, 0.717) is 13.2 Å². The molecule has 0 spiro atoms. The standard InChI is InChI=1S/C28H23O3P/c29-32(30-17-27-23-13-5-1-9-19(23)20-10-2-6-14-24(20)27)31-18-28-25-15-7-3-11-21(25)22-12-4-8-16-26(22)28/h1-16,27-28,32H,17-18H2. The molecule has 4 aromatic rings. The molecule has 158 valence electrons. The van der Waals surface area contributed by atoms with Gasteiger partial charge in [0.1, 0.15) is 0 Å². The predicted molar refractivity (Wildman–Crippen MR) is 128 cm³/mol. The van der Waals surface area contributed by atoms with Gasteiger partial charge in [-0.2, -0.15) is 0 Å². The van der Waals surface area contributed by atoms with Crippen LogP contribution in [0.3, 0.4) is 0 Å². The number of hydrogen-bond donors (Lipinski definition) is 0. The SMILES string of the molecule is O=[PH](OCC1c2ccccc2-c2ccccc21)OCC1c2ccccc2-c2ccccc21. The highest BCUT2D eigenvalue weighted by Gasteiger charge is 2.30. The number of fused-ring (bicyclic) bond motifs is 6. The Morgan fingerprint density at radius 2 is 0.781 bits per heavy atom. The number of benzene rings is 4. The fraction of sp³-hybridized carbons (Fsp3) is 0.143. The van der Waals surface area contributed by atoms with E-state index in [1.165, 1.54) is 44.5 Å². The summed E-state index contributed by atoms with van der Waals surface area (Å²) in [4.78, 5) is 0. The molecule has 0 radical (unpaired) electrons. The highest BCUT2D eigenvalue weighted by molar-refractivity contribution is 7.33. The lowest BCUT2D eigenvalue weighted by Gasteiger charge is -2.16. The third-order valence-electron chi connectivity index (χ3n) is 6.66. The Hall–Kier alpha value is -2.97. The average molecular weight is 438 g/mol. The monoisotopic (exact) mass is 438 g/mol. The highest BCUT2D eigenvalue weighted by atomic mass is 31.1. The largest absolute Gasteiger partial charge is 0.319 e. The van der Waals surface area contributed by atoms with Crippen molar-refractivity contribution >= 4 is 8.25 Å². The van der Waals surface area contributed by atoms with Gasteiger partial charge in [-0.25, -0.2) is 0 Å². The Balaban J connectivity index is 1.16. The lowest BCUT2D eigenvalue weighted by atomic mass is 9.98. The number of rotatable bonds is 6. The van der Waals surface area contributed by atoms with Crippen LogP contribution in [-0.4, -0.2) is 13.2 Å². The van der Waals surface area contributed by atoms with E-state index in [-0.39, 0.29) is 11.8 Å². The molecular formula is C28H23O3P. The molecule has 0 fully saturated rings. The van der Waals surface area contributed by atoms with Crippen LogP contribution in [0.5, 0.6) is 0 Å². The van der Waals surface area contributed by atoms with Crippen LogP contribution in [0.2, 0.25) is 0 Å². The van der Waals surface area contributed by atoms with Crippen LogP contribution >= 0.6 is 8.25 Å². The molecule has 4 heteroatoms. The van der Waals surface area contributed by atoms with Crippen molar-refractivity contribution < 1.29 is 13.6 Å². The minimum absolute atomic E-state index is 0.0767. The molecule has 0 aliphatic heterocycles. The Morgan fingerprint density at radius 1 is 0.500 bits per heavy atom. The quantitative estimate of drug-likeness (QED) is 0.303. The van der Waals surface area contributed by atoms with Crippen molar-refractivity contribution in [1.29, 1.82) is 0 Å². The first-order valence-corrected chi connectivity index (χ1v) is 12.2. The molecule has 0 heterocycles. The zero-order chi connectivity index (χ0) is 21.5. The smallest absolute Gasteiger partial charge is 0.310 e. The summed E-state index contributed by atoms with van der Waals surface area (Å²) in [6, 6.07) is 33.5. The van der Waals surface area contributed by atoms with Crippen LogP contribution in [-0.2, 0) is 13.6 Å². The third-order valence-corrected chi connectivity index (χ3v) is 7.47. The molecule has 0 unspecified atom stereocenters. The summed E-state index contributed by atoms with van der Waals surface area (Å²) in [6.07, 6.45) is 0. The van der Waals surface area contributed by atoms with E-state index in [2.05, 4.69) is 72.8 Å². The molecule has 32 heavy (non-hydrogen) atoms. The van der Waals surface area contributed by atoms with Crippen LogP contribution < -0.4 is 0 Å². The second-order valence-electron chi connectivity index (χ2n) is 8.33. The topological polar surface area (TPSA) is 35.5 Å². The van der Waals surface area contributed by atoms with Crippen LogP contribution in [0.15, 0.2) is 97.1 Å². The van der Waals surface area contributed by atoms with Crippen molar-refractivity contribution in [3.8, 4) is 22.3 Å². The maximum Gasteiger partial charge on any atom is 0.319 e. The molecule has 0 aromatic heterocycles. The van der Waals surface area contributed by atoms with Gasteiger partial charge in [-0.1, -0.05) is 97.1 Å². The van der Waals surface area contributed by atoms with Gasteiger partial charge in [-0.3, -0.25) is 4.57 Å². The van der Waals surface area contributed by atoms with Gasteiger partial charge in [0.25, 0.3) is 0 Å². The summed E-state index contributed by atoms with van der Waals surface area (Å²) in [7, 11) is -2.62. The van der Waals surface area contributed by atoms with Gasteiger partial charge in [0.05, 0.1) is 13.2 Å². The van der Waals surface area contributed by atoms with Gasteiger partial charge in [0.2, 0.25) is 0 Å². The molecule has 0 saturated carbocycles. The van der Waals surface area contributed by atoms with E-state index in [1.54, 1.807) is 0 Å². The molecular weight excluding hydrogens is 415 g/mol. The highest BCUT2D eigenvalue weighted by Crippen LogP contribution is 2.47. The summed E-state index contributed by atoms with van der Waals surface area (Å²) in [5.74, 6) is 0.153. The zero-order valence-electron chi connectivity index (χ0n) is 17.5. The minimum Gasteiger partial charge on any atom is -0.310 e. The maximum atomic E-state index is 12.7. The summed E-state index contributed by atoms with van der Waals surface area (Å²) in [5, 5.41) is 0. The Bertz CT molecular complexity index is 1140. The third kappa shape index (κ3) is 3.25. The summed E-state index contributed by atoms with van der Waals surface area (Å²) in [6.45, 7) is 0.702. The Kier molecular flexibility index (Phi) is 5.04. The molecule has 0 N–H and O–H groups in total. The number of hydrogen-bond acceptors (Lipinski definition) is 3. The first kappa shape index (κ1) is 19.7. The molecule has 3 nitrogen and oxygen atoms in total. The van der Waals surface area contributed by atoms with Crippen LogP contribution in [0, 0.1) is 0 Å². The normalized spacial score (nSPS) is 14.3. The predicted octanol–water partition coefficient (Wildman–Crippen LogP) is 7.03. The van der Waals surface area contributed by atoms with Crippen molar-refractivity contribution in [3.05, 3.63) is 119 Å². The lowest BCUT2D eigenvalue weighted by molar-refractivity contribution is 0.217. The van der Waals surface area contributed by atoms with E-state index in [4.69, 9.17) is 9.05 Å². The van der Waals surface area contributed by atoms with Gasteiger partial charge in [0, 0.05) is 11.8 Å². The molecule has 0 amide bonds. The van der Waals surface area contributed by atoms with Gasteiger partial charge in [0.15, 0.2) is 0 Å². The average Bonchev–Trinajstić information content (AvgIpc) is 3.34. The van der Waals surface area contributed by atoms with Crippen LogP contribution in [0.4, 0.5) is 0 Å². The second kappa shape index (κ2) is 8.18. The van der Waals surface area contributed by atoms with Crippen molar-refractivity contribution in [2.75, 3.05) is 13.2 Å². The van der Waals surface area contributed by atoms with E-state index in [0.717, 1.165) is 0 Å². The van der Waals surface area contributed by atoms with Crippen molar-refractivity contribution in [2.24, 2.45) is 0 Å². The second-order valence-corrected chi connectivity index (χ2v) is 9.40. The van der Waals surface area contributed by atoms with Crippen molar-refractivity contribution in [3.63, 3.8) is 0 Å². The van der Waals surface area contributed by atoms with E-state index >= 15 is 0 Å². The van der Waals surface area contributed by atoms with Gasteiger partial charge in [-0.15, -0.1) is 0 Å². The molecule has 4 aromatic carbocycles. The first-order valence-electron chi connectivity index (χ1n) is 11.0. The van der Waals surface area contributed by atoms with Crippen molar-refractivity contribution in [1.82, 2.24) is 0 Å². The van der Waals surface area contributed by atoms with Gasteiger partial charge < -0.3 is 9.05 Å². The van der Waals surface area contributed by atoms with Crippen LogP contribution in [0.25, 0.3) is 22.3 Å². The fourth-order valence-corrected chi connectivity index (χ4v) is 5.91. The summed E-state index contributed by atoms with van der Waals surface area (Å²) in [5.41, 5.74) is 9.83. The van der Waals surface area contributed by atoms with E-state index in [1.807, 2.05) is 24.3 Å². The van der Waals surface area contributed by atoms with Crippen LogP contribution in [0.1, 0.15) is 34.1 Å².